The van der Waals surface area contributed by atoms with Gasteiger partial charge < -0.3 is 9.64 Å². The first-order valence-electron chi connectivity index (χ1n) is 8.65. The summed E-state index contributed by atoms with van der Waals surface area (Å²) in [6.45, 7) is 1.24. The number of hydrogen-bond donors (Lipinski definition) is 0. The van der Waals surface area contributed by atoms with Crippen LogP contribution in [-0.4, -0.2) is 12.5 Å². The van der Waals surface area contributed by atoms with E-state index in [-0.39, 0.29) is 5.97 Å². The molecule has 0 atom stereocenters. The molecule has 0 fully saturated rings. The lowest BCUT2D eigenvalue weighted by molar-refractivity contribution is 0.0632. The Morgan fingerprint density at radius 1 is 0.846 bits per heavy atom. The van der Waals surface area contributed by atoms with Crippen LogP contribution >= 0.6 is 0 Å². The van der Waals surface area contributed by atoms with Crippen LogP contribution in [0.4, 0.5) is 5.69 Å². The van der Waals surface area contributed by atoms with Crippen LogP contribution in [0.1, 0.15) is 21.5 Å². The lowest BCUT2D eigenvalue weighted by atomic mass is 10.1. The average Bonchev–Trinajstić information content (AvgIpc) is 2.81. The first-order valence-corrected chi connectivity index (χ1v) is 8.65. The summed E-state index contributed by atoms with van der Waals surface area (Å²) < 4.78 is 5.69. The highest BCUT2D eigenvalue weighted by Gasteiger charge is 2.24. The quantitative estimate of drug-likeness (QED) is 0.634. The van der Waals surface area contributed by atoms with Crippen LogP contribution in [0.5, 0.6) is 0 Å². The zero-order valence-electron chi connectivity index (χ0n) is 14.3. The molecule has 3 nitrogen and oxygen atoms in total. The van der Waals surface area contributed by atoms with E-state index >= 15 is 0 Å². The molecule has 0 spiro atoms. The third kappa shape index (κ3) is 3.52. The fraction of sp³-hybridized carbons (Fsp3) is 0.0870. The highest BCUT2D eigenvalue weighted by Crippen LogP contribution is 2.29. The van der Waals surface area contributed by atoms with Crippen LogP contribution < -0.4 is 4.90 Å². The van der Waals surface area contributed by atoms with Gasteiger partial charge in [-0.15, -0.1) is 0 Å². The van der Waals surface area contributed by atoms with Crippen molar-refractivity contribution < 1.29 is 9.53 Å². The molecule has 4 rings (SSSR count). The number of carbonyl (C=O) groups excluding carboxylic acids is 1. The van der Waals surface area contributed by atoms with Crippen molar-refractivity contribution in [3.8, 4) is 0 Å². The summed E-state index contributed by atoms with van der Waals surface area (Å²) in [4.78, 5) is 14.8. The molecule has 1 heterocycles. The predicted octanol–water partition coefficient (Wildman–Crippen LogP) is 4.90. The van der Waals surface area contributed by atoms with E-state index in [0.717, 1.165) is 11.3 Å². The summed E-state index contributed by atoms with van der Waals surface area (Å²) in [5.41, 5.74) is 3.70. The Hall–Kier alpha value is -3.33. The molecule has 0 aliphatic carbocycles. The van der Waals surface area contributed by atoms with Gasteiger partial charge in [-0.1, -0.05) is 72.8 Å². The van der Waals surface area contributed by atoms with E-state index < -0.39 is 0 Å². The SMILES string of the molecule is O=C1O/C(=C/c2ccccc2)CN(Cc2ccccc2)c2ccccc21. The smallest absolute Gasteiger partial charge is 0.345 e. The number of ether oxygens (including phenoxy) is 1. The van der Waals surface area contributed by atoms with Gasteiger partial charge in [0.25, 0.3) is 0 Å². The first kappa shape index (κ1) is 16.2. The normalized spacial score (nSPS) is 15.3. The number of para-hydroxylation sites is 1. The number of carbonyl (C=O) groups is 1. The van der Waals surface area contributed by atoms with E-state index in [0.29, 0.717) is 24.4 Å². The molecule has 3 aromatic rings. The Morgan fingerprint density at radius 3 is 2.27 bits per heavy atom. The molecular weight excluding hydrogens is 322 g/mol. The van der Waals surface area contributed by atoms with Gasteiger partial charge in [-0.3, -0.25) is 0 Å². The Morgan fingerprint density at radius 2 is 1.50 bits per heavy atom. The second-order valence-electron chi connectivity index (χ2n) is 6.27. The second-order valence-corrected chi connectivity index (χ2v) is 6.27. The summed E-state index contributed by atoms with van der Waals surface area (Å²) >= 11 is 0. The van der Waals surface area contributed by atoms with Gasteiger partial charge in [0.1, 0.15) is 5.76 Å². The van der Waals surface area contributed by atoms with Crippen LogP contribution in [-0.2, 0) is 11.3 Å². The van der Waals surface area contributed by atoms with Gasteiger partial charge in [0, 0.05) is 6.54 Å². The summed E-state index contributed by atoms with van der Waals surface area (Å²) in [6, 6.07) is 27.8. The molecule has 0 saturated carbocycles. The van der Waals surface area contributed by atoms with Gasteiger partial charge in [0.15, 0.2) is 0 Å². The third-order valence-electron chi connectivity index (χ3n) is 4.38. The molecule has 0 bridgehead atoms. The van der Waals surface area contributed by atoms with Crippen molar-refractivity contribution in [2.45, 2.75) is 6.54 Å². The molecular formula is C23H19NO2. The van der Waals surface area contributed by atoms with Crippen LogP contribution in [0.2, 0.25) is 0 Å². The number of nitrogens with zero attached hydrogens (tertiary/aromatic N) is 1. The van der Waals surface area contributed by atoms with Gasteiger partial charge in [0.2, 0.25) is 0 Å². The zero-order chi connectivity index (χ0) is 17.8. The summed E-state index contributed by atoms with van der Waals surface area (Å²) in [5, 5.41) is 0. The highest BCUT2D eigenvalue weighted by atomic mass is 16.5. The molecule has 0 saturated heterocycles. The lowest BCUT2D eigenvalue weighted by Crippen LogP contribution is -2.24. The molecule has 0 unspecified atom stereocenters. The molecule has 1 aliphatic heterocycles. The molecule has 1 aliphatic rings. The Balaban J connectivity index is 1.72. The first-order chi connectivity index (χ1) is 12.8. The summed E-state index contributed by atoms with van der Waals surface area (Å²) in [6.07, 6.45) is 1.93. The highest BCUT2D eigenvalue weighted by molar-refractivity contribution is 5.97. The molecule has 26 heavy (non-hydrogen) atoms. The van der Waals surface area contributed by atoms with E-state index in [9.17, 15) is 4.79 Å². The minimum atomic E-state index is -0.307. The Kier molecular flexibility index (Phi) is 4.52. The predicted molar refractivity (Wildman–Crippen MR) is 104 cm³/mol. The van der Waals surface area contributed by atoms with E-state index in [1.807, 2.05) is 78.9 Å². The fourth-order valence-electron chi connectivity index (χ4n) is 3.16. The second kappa shape index (κ2) is 7.28. The Labute approximate surface area is 153 Å². The molecule has 128 valence electrons. The maximum absolute atomic E-state index is 12.6. The minimum Gasteiger partial charge on any atom is -0.425 e. The van der Waals surface area contributed by atoms with Crippen molar-refractivity contribution in [1.29, 1.82) is 0 Å². The molecule has 0 radical (unpaired) electrons. The number of hydrogen-bond acceptors (Lipinski definition) is 3. The fourth-order valence-corrected chi connectivity index (χ4v) is 3.16. The number of fused-ring (bicyclic) bond motifs is 1. The third-order valence-corrected chi connectivity index (χ3v) is 4.38. The topological polar surface area (TPSA) is 29.5 Å². The van der Waals surface area contributed by atoms with Crippen LogP contribution in [0.3, 0.4) is 0 Å². The summed E-state index contributed by atoms with van der Waals surface area (Å²) in [5.74, 6) is 0.340. The van der Waals surface area contributed by atoms with Gasteiger partial charge in [0.05, 0.1) is 17.8 Å². The lowest BCUT2D eigenvalue weighted by Gasteiger charge is -2.24. The van der Waals surface area contributed by atoms with Crippen molar-refractivity contribution in [3.05, 3.63) is 107 Å². The Bertz CT molecular complexity index is 933. The van der Waals surface area contributed by atoms with Crippen LogP contribution in [0, 0.1) is 0 Å². The standard InChI is InChI=1S/C23H19NO2/c25-23-21-13-7-8-14-22(21)24(16-19-11-5-2-6-12-19)17-20(26-23)15-18-9-3-1-4-10-18/h1-15H,16-17H2/b20-15+. The van der Waals surface area contributed by atoms with E-state index in [1.54, 1.807) is 0 Å². The number of benzene rings is 3. The van der Waals surface area contributed by atoms with Crippen molar-refractivity contribution in [2.75, 3.05) is 11.4 Å². The molecule has 3 heteroatoms. The maximum atomic E-state index is 12.6. The largest absolute Gasteiger partial charge is 0.425 e. The number of cyclic esters (lactones) is 1. The van der Waals surface area contributed by atoms with Crippen molar-refractivity contribution >= 4 is 17.7 Å². The monoisotopic (exact) mass is 341 g/mol. The summed E-state index contributed by atoms with van der Waals surface area (Å²) in [7, 11) is 0. The van der Waals surface area contributed by atoms with Crippen LogP contribution in [0.25, 0.3) is 6.08 Å². The molecule has 0 N–H and O–H groups in total. The van der Waals surface area contributed by atoms with Gasteiger partial charge in [-0.2, -0.15) is 0 Å². The van der Waals surface area contributed by atoms with Gasteiger partial charge >= 0.3 is 5.97 Å². The van der Waals surface area contributed by atoms with Crippen molar-refractivity contribution in [2.24, 2.45) is 0 Å². The number of esters is 1. The van der Waals surface area contributed by atoms with E-state index in [1.165, 1.54) is 5.56 Å². The van der Waals surface area contributed by atoms with E-state index in [2.05, 4.69) is 17.0 Å². The van der Waals surface area contributed by atoms with Crippen LogP contribution in [0.15, 0.2) is 90.7 Å². The number of anilines is 1. The molecule has 0 amide bonds. The maximum Gasteiger partial charge on any atom is 0.345 e. The van der Waals surface area contributed by atoms with Crippen molar-refractivity contribution in [3.63, 3.8) is 0 Å². The van der Waals surface area contributed by atoms with Crippen molar-refractivity contribution in [1.82, 2.24) is 0 Å². The molecule has 3 aromatic carbocycles. The zero-order valence-corrected chi connectivity index (χ0v) is 14.3. The van der Waals surface area contributed by atoms with E-state index in [4.69, 9.17) is 4.74 Å². The number of rotatable bonds is 3. The molecule has 0 aromatic heterocycles. The average molecular weight is 341 g/mol. The minimum absolute atomic E-state index is 0.307. The van der Waals surface area contributed by atoms with Gasteiger partial charge in [-0.25, -0.2) is 4.79 Å². The van der Waals surface area contributed by atoms with Gasteiger partial charge in [-0.05, 0) is 29.3 Å².